The lowest BCUT2D eigenvalue weighted by Gasteiger charge is -2.34. The number of carbonyl (C=O) groups excluding carboxylic acids is 1. The van der Waals surface area contributed by atoms with Crippen LogP contribution in [0.4, 0.5) is 0 Å². The van der Waals surface area contributed by atoms with E-state index in [1.54, 1.807) is 12.1 Å². The van der Waals surface area contributed by atoms with Gasteiger partial charge in [0.2, 0.25) is 15.9 Å². The predicted octanol–water partition coefficient (Wildman–Crippen LogP) is 1.87. The molecule has 0 radical (unpaired) electrons. The van der Waals surface area contributed by atoms with Crippen molar-refractivity contribution in [2.24, 2.45) is 0 Å². The molecule has 7 nitrogen and oxygen atoms in total. The van der Waals surface area contributed by atoms with E-state index in [0.717, 1.165) is 5.56 Å². The zero-order chi connectivity index (χ0) is 19.6. The minimum Gasteiger partial charge on any atom is -0.497 e. The van der Waals surface area contributed by atoms with Gasteiger partial charge in [-0.05, 0) is 24.6 Å². The number of nitrogens with one attached hydrogen (secondary N) is 1. The number of aryl methyl sites for hydroxylation is 1. The number of ether oxygens (including phenoxy) is 2. The minimum absolute atomic E-state index is 0.0308. The van der Waals surface area contributed by atoms with Crippen molar-refractivity contribution in [1.82, 2.24) is 9.62 Å². The molecular weight excluding hydrogens is 368 g/mol. The van der Waals surface area contributed by atoms with Crippen LogP contribution in [0, 0.1) is 6.92 Å². The number of hydrogen-bond donors (Lipinski definition) is 1. The van der Waals surface area contributed by atoms with Gasteiger partial charge < -0.3 is 14.8 Å². The molecule has 0 aromatic heterocycles. The summed E-state index contributed by atoms with van der Waals surface area (Å²) in [5.41, 5.74) is 1.57. The average Bonchev–Trinajstić information content (AvgIpc) is 2.67. The van der Waals surface area contributed by atoms with Crippen LogP contribution < -0.4 is 14.8 Å². The predicted molar refractivity (Wildman–Crippen MR) is 100 cm³/mol. The van der Waals surface area contributed by atoms with Crippen LogP contribution in [0.3, 0.4) is 0 Å². The van der Waals surface area contributed by atoms with Gasteiger partial charge in [-0.3, -0.25) is 4.79 Å². The fourth-order valence-corrected chi connectivity index (χ4v) is 4.92. The number of sulfonamides is 1. The van der Waals surface area contributed by atoms with Crippen molar-refractivity contribution in [3.63, 3.8) is 0 Å². The van der Waals surface area contributed by atoms with Crippen molar-refractivity contribution in [2.75, 3.05) is 27.3 Å². The summed E-state index contributed by atoms with van der Waals surface area (Å²) < 4.78 is 38.6. The zero-order valence-electron chi connectivity index (χ0n) is 15.4. The molecule has 0 aliphatic carbocycles. The molecule has 1 N–H and O–H groups in total. The SMILES string of the molecule is COc1ccc(OC)c(S(=O)(=O)N2CCNC(=O)C2c2cccc(C)c2)c1. The molecule has 1 amide bonds. The molecule has 2 aromatic rings. The summed E-state index contributed by atoms with van der Waals surface area (Å²) in [5, 5.41) is 2.75. The normalized spacial score (nSPS) is 18.0. The van der Waals surface area contributed by atoms with E-state index in [1.807, 2.05) is 25.1 Å². The van der Waals surface area contributed by atoms with E-state index in [4.69, 9.17) is 9.47 Å². The Balaban J connectivity index is 2.12. The lowest BCUT2D eigenvalue weighted by molar-refractivity contribution is -0.126. The van der Waals surface area contributed by atoms with Crippen molar-refractivity contribution < 1.29 is 22.7 Å². The maximum Gasteiger partial charge on any atom is 0.248 e. The molecule has 144 valence electrons. The highest BCUT2D eigenvalue weighted by Gasteiger charge is 2.40. The Morgan fingerprint density at radius 1 is 1.11 bits per heavy atom. The van der Waals surface area contributed by atoms with Crippen molar-refractivity contribution in [2.45, 2.75) is 17.9 Å². The molecular formula is C19H22N2O5S. The van der Waals surface area contributed by atoms with Crippen LogP contribution in [-0.2, 0) is 14.8 Å². The Bertz CT molecular complexity index is 958. The van der Waals surface area contributed by atoms with Crippen LogP contribution >= 0.6 is 0 Å². The van der Waals surface area contributed by atoms with Crippen molar-refractivity contribution in [3.05, 3.63) is 53.6 Å². The second-order valence-corrected chi connectivity index (χ2v) is 8.10. The van der Waals surface area contributed by atoms with E-state index in [2.05, 4.69) is 5.32 Å². The highest BCUT2D eigenvalue weighted by molar-refractivity contribution is 7.89. The third kappa shape index (κ3) is 3.63. The summed E-state index contributed by atoms with van der Waals surface area (Å²) in [6.07, 6.45) is 0. The molecule has 1 aliphatic rings. The number of amides is 1. The summed E-state index contributed by atoms with van der Waals surface area (Å²) in [5.74, 6) is 0.241. The van der Waals surface area contributed by atoms with Gasteiger partial charge in [0, 0.05) is 19.2 Å². The van der Waals surface area contributed by atoms with Gasteiger partial charge in [0.15, 0.2) is 0 Å². The highest BCUT2D eigenvalue weighted by Crippen LogP contribution is 2.35. The molecule has 1 aliphatic heterocycles. The van der Waals surface area contributed by atoms with Crippen molar-refractivity contribution >= 4 is 15.9 Å². The second kappa shape index (κ2) is 7.58. The number of carbonyl (C=O) groups is 1. The van der Waals surface area contributed by atoms with E-state index in [9.17, 15) is 13.2 Å². The number of rotatable bonds is 5. The van der Waals surface area contributed by atoms with Gasteiger partial charge in [-0.25, -0.2) is 8.42 Å². The molecule has 1 fully saturated rings. The third-order valence-electron chi connectivity index (χ3n) is 4.48. The Kier molecular flexibility index (Phi) is 5.38. The van der Waals surface area contributed by atoms with Gasteiger partial charge in [-0.2, -0.15) is 4.31 Å². The van der Waals surface area contributed by atoms with Crippen LogP contribution in [-0.4, -0.2) is 45.9 Å². The van der Waals surface area contributed by atoms with Crippen molar-refractivity contribution in [3.8, 4) is 11.5 Å². The lowest BCUT2D eigenvalue weighted by atomic mass is 10.0. The smallest absolute Gasteiger partial charge is 0.248 e. The highest BCUT2D eigenvalue weighted by atomic mass is 32.2. The molecule has 1 unspecified atom stereocenters. The van der Waals surface area contributed by atoms with Gasteiger partial charge in [-0.1, -0.05) is 29.8 Å². The van der Waals surface area contributed by atoms with E-state index in [0.29, 0.717) is 11.3 Å². The molecule has 1 saturated heterocycles. The quantitative estimate of drug-likeness (QED) is 0.843. The van der Waals surface area contributed by atoms with Gasteiger partial charge in [0.1, 0.15) is 22.4 Å². The summed E-state index contributed by atoms with van der Waals surface area (Å²) >= 11 is 0. The minimum atomic E-state index is -4.01. The summed E-state index contributed by atoms with van der Waals surface area (Å²) in [7, 11) is -1.15. The lowest BCUT2D eigenvalue weighted by Crippen LogP contribution is -2.52. The fraction of sp³-hybridized carbons (Fsp3) is 0.316. The number of nitrogens with zero attached hydrogens (tertiary/aromatic N) is 1. The average molecular weight is 390 g/mol. The van der Waals surface area contributed by atoms with Crippen LogP contribution in [0.5, 0.6) is 11.5 Å². The van der Waals surface area contributed by atoms with Gasteiger partial charge >= 0.3 is 0 Å². The monoisotopic (exact) mass is 390 g/mol. The summed E-state index contributed by atoms with van der Waals surface area (Å²) in [6.45, 7) is 2.30. The van der Waals surface area contributed by atoms with E-state index in [1.165, 1.54) is 30.7 Å². The van der Waals surface area contributed by atoms with Crippen molar-refractivity contribution in [1.29, 1.82) is 0 Å². The number of hydrogen-bond acceptors (Lipinski definition) is 5. The van der Waals surface area contributed by atoms with Gasteiger partial charge in [-0.15, -0.1) is 0 Å². The molecule has 3 rings (SSSR count). The fourth-order valence-electron chi connectivity index (χ4n) is 3.17. The maximum atomic E-state index is 13.5. The van der Waals surface area contributed by atoms with E-state index >= 15 is 0 Å². The maximum absolute atomic E-state index is 13.5. The van der Waals surface area contributed by atoms with Crippen LogP contribution in [0.2, 0.25) is 0 Å². The van der Waals surface area contributed by atoms with Crippen LogP contribution in [0.1, 0.15) is 17.2 Å². The third-order valence-corrected chi connectivity index (χ3v) is 6.37. The standard InChI is InChI=1S/C19H22N2O5S/c1-13-5-4-6-14(11-13)18-19(22)20-9-10-21(18)27(23,24)17-12-15(25-2)7-8-16(17)26-3/h4-8,11-12,18H,9-10H2,1-3H3,(H,20,22). The Hall–Kier alpha value is -2.58. The molecule has 8 heteroatoms. The van der Waals surface area contributed by atoms with Crippen LogP contribution in [0.15, 0.2) is 47.4 Å². The molecule has 0 bridgehead atoms. The number of piperazine rings is 1. The van der Waals surface area contributed by atoms with E-state index < -0.39 is 16.1 Å². The first kappa shape index (κ1) is 19.2. The molecule has 27 heavy (non-hydrogen) atoms. The first-order valence-corrected chi connectivity index (χ1v) is 9.90. The Labute approximate surface area is 158 Å². The summed E-state index contributed by atoms with van der Waals surface area (Å²) in [6, 6.07) is 10.9. The Morgan fingerprint density at radius 3 is 2.56 bits per heavy atom. The Morgan fingerprint density at radius 2 is 1.89 bits per heavy atom. The van der Waals surface area contributed by atoms with Crippen LogP contribution in [0.25, 0.3) is 0 Å². The molecule has 0 saturated carbocycles. The first-order valence-electron chi connectivity index (χ1n) is 8.46. The topological polar surface area (TPSA) is 84.9 Å². The molecule has 0 spiro atoms. The van der Waals surface area contributed by atoms with Gasteiger partial charge in [0.25, 0.3) is 0 Å². The molecule has 1 atom stereocenters. The van der Waals surface area contributed by atoms with Gasteiger partial charge in [0.05, 0.1) is 14.2 Å². The largest absolute Gasteiger partial charge is 0.497 e. The molecule has 2 aromatic carbocycles. The van der Waals surface area contributed by atoms with E-state index in [-0.39, 0.29) is 29.6 Å². The summed E-state index contributed by atoms with van der Waals surface area (Å²) in [4.78, 5) is 12.6. The molecule has 1 heterocycles. The number of methoxy groups -OCH3 is 2. The zero-order valence-corrected chi connectivity index (χ0v) is 16.2. The second-order valence-electron chi connectivity index (χ2n) is 6.24. The number of benzene rings is 2. The first-order chi connectivity index (χ1) is 12.9.